The Bertz CT molecular complexity index is 916. The molecule has 0 N–H and O–H groups in total. The van der Waals surface area contributed by atoms with Gasteiger partial charge >= 0.3 is 6.09 Å². The number of hydrogen-bond acceptors (Lipinski definition) is 5. The number of morpholine rings is 1. The van der Waals surface area contributed by atoms with Crippen LogP contribution in [-0.2, 0) is 22.4 Å². The molecule has 0 bridgehead atoms. The largest absolute Gasteiger partial charge is 0.444 e. The number of aromatic nitrogens is 1. The molecule has 1 aromatic carbocycles. The van der Waals surface area contributed by atoms with Crippen LogP contribution in [0.25, 0.3) is 0 Å². The molecule has 0 saturated carbocycles. The van der Waals surface area contributed by atoms with Crippen LogP contribution in [0.2, 0.25) is 5.15 Å². The average Bonchev–Trinajstić information content (AvgIpc) is 2.72. The van der Waals surface area contributed by atoms with Gasteiger partial charge in [-0.25, -0.2) is 9.78 Å². The molecule has 0 spiro atoms. The van der Waals surface area contributed by atoms with E-state index >= 15 is 0 Å². The lowest BCUT2D eigenvalue weighted by molar-refractivity contribution is -0.0523. The quantitative estimate of drug-likeness (QED) is 0.655. The molecule has 7 heteroatoms. The minimum atomic E-state index is -0.537. The zero-order chi connectivity index (χ0) is 22.0. The molecule has 1 amide bonds. The summed E-state index contributed by atoms with van der Waals surface area (Å²) in [6.45, 7) is 8.86. The number of hydrogen-bond donors (Lipinski definition) is 0. The van der Waals surface area contributed by atoms with Crippen molar-refractivity contribution < 1.29 is 14.3 Å². The fourth-order valence-corrected chi connectivity index (χ4v) is 4.40. The molecule has 1 saturated heterocycles. The smallest absolute Gasteiger partial charge is 0.410 e. The Morgan fingerprint density at radius 2 is 1.97 bits per heavy atom. The van der Waals surface area contributed by atoms with Gasteiger partial charge in [0.1, 0.15) is 10.8 Å². The van der Waals surface area contributed by atoms with Crippen LogP contribution in [0.15, 0.2) is 42.5 Å². The Labute approximate surface area is 189 Å². The van der Waals surface area contributed by atoms with Crippen molar-refractivity contribution in [3.8, 4) is 0 Å². The minimum Gasteiger partial charge on any atom is -0.444 e. The highest BCUT2D eigenvalue weighted by atomic mass is 35.5. The predicted molar refractivity (Wildman–Crippen MR) is 120 cm³/mol. The predicted octanol–water partition coefficient (Wildman–Crippen LogP) is 4.47. The summed E-state index contributed by atoms with van der Waals surface area (Å²) in [4.78, 5) is 21.6. The molecule has 6 nitrogen and oxygen atoms in total. The van der Waals surface area contributed by atoms with Crippen LogP contribution in [0.4, 0.5) is 4.79 Å². The second-order valence-corrected chi connectivity index (χ2v) is 9.62. The van der Waals surface area contributed by atoms with Gasteiger partial charge in [-0.2, -0.15) is 0 Å². The average molecular weight is 444 g/mol. The van der Waals surface area contributed by atoms with Gasteiger partial charge < -0.3 is 14.4 Å². The summed E-state index contributed by atoms with van der Waals surface area (Å²) in [6.07, 6.45) is 0.651. The van der Waals surface area contributed by atoms with Crippen LogP contribution in [0, 0.1) is 0 Å². The molecule has 2 atom stereocenters. The first-order valence-electron chi connectivity index (χ1n) is 10.8. The standard InChI is InChI=1S/C24H30ClN3O3/c1-24(2,3)31-23(29)28-14-18-9-10-21(25)26-22(18)20(16-28)27-11-12-30-19(15-27)13-17-7-5-4-6-8-17/h4-10,19-20H,11-16H2,1-3H3. The zero-order valence-corrected chi connectivity index (χ0v) is 19.1. The van der Waals surface area contributed by atoms with Crippen molar-refractivity contribution in [2.75, 3.05) is 26.2 Å². The van der Waals surface area contributed by atoms with Crippen molar-refractivity contribution in [1.82, 2.24) is 14.8 Å². The fraction of sp³-hybridized carbons (Fsp3) is 0.500. The van der Waals surface area contributed by atoms with E-state index in [0.29, 0.717) is 24.8 Å². The van der Waals surface area contributed by atoms with Gasteiger partial charge in [0.05, 0.1) is 31.0 Å². The van der Waals surface area contributed by atoms with E-state index in [0.717, 1.165) is 30.8 Å². The number of fused-ring (bicyclic) bond motifs is 1. The van der Waals surface area contributed by atoms with Gasteiger partial charge in [-0.15, -0.1) is 0 Å². The number of halogens is 1. The van der Waals surface area contributed by atoms with Crippen molar-refractivity contribution in [1.29, 1.82) is 0 Å². The summed E-state index contributed by atoms with van der Waals surface area (Å²) in [7, 11) is 0. The third-order valence-corrected chi connectivity index (χ3v) is 5.83. The number of benzene rings is 1. The lowest BCUT2D eigenvalue weighted by atomic mass is 9.98. The van der Waals surface area contributed by atoms with Crippen molar-refractivity contribution in [3.63, 3.8) is 0 Å². The Balaban J connectivity index is 1.55. The highest BCUT2D eigenvalue weighted by Crippen LogP contribution is 2.33. The maximum absolute atomic E-state index is 12.8. The number of ether oxygens (including phenoxy) is 2. The monoisotopic (exact) mass is 443 g/mol. The van der Waals surface area contributed by atoms with E-state index < -0.39 is 5.60 Å². The van der Waals surface area contributed by atoms with E-state index in [2.05, 4.69) is 34.1 Å². The molecule has 4 rings (SSSR count). The molecule has 1 fully saturated rings. The van der Waals surface area contributed by atoms with E-state index in [9.17, 15) is 4.79 Å². The Kier molecular flexibility index (Phi) is 6.51. The minimum absolute atomic E-state index is 0.0443. The lowest BCUT2D eigenvalue weighted by Crippen LogP contribution is -2.51. The highest BCUT2D eigenvalue weighted by molar-refractivity contribution is 6.29. The van der Waals surface area contributed by atoms with Gasteiger partial charge in [0.2, 0.25) is 0 Å². The van der Waals surface area contributed by atoms with Gasteiger partial charge in [0.15, 0.2) is 0 Å². The van der Waals surface area contributed by atoms with E-state index in [4.69, 9.17) is 21.1 Å². The molecule has 0 radical (unpaired) electrons. The molecule has 2 unspecified atom stereocenters. The van der Waals surface area contributed by atoms with E-state index in [1.54, 1.807) is 11.0 Å². The fourth-order valence-electron chi connectivity index (χ4n) is 4.25. The van der Waals surface area contributed by atoms with Gasteiger partial charge in [-0.05, 0) is 44.4 Å². The third-order valence-electron chi connectivity index (χ3n) is 5.62. The van der Waals surface area contributed by atoms with Crippen LogP contribution in [-0.4, -0.2) is 58.8 Å². The number of pyridine rings is 1. The first-order chi connectivity index (χ1) is 14.8. The molecular formula is C24H30ClN3O3. The van der Waals surface area contributed by atoms with Crippen molar-refractivity contribution in [3.05, 3.63) is 64.4 Å². The molecule has 166 valence electrons. The van der Waals surface area contributed by atoms with Crippen molar-refractivity contribution in [2.24, 2.45) is 0 Å². The number of nitrogens with zero attached hydrogens (tertiary/aromatic N) is 3. The SMILES string of the molecule is CC(C)(C)OC(=O)N1Cc2ccc(Cl)nc2C(N2CCOC(Cc3ccccc3)C2)C1. The van der Waals surface area contributed by atoms with Crippen LogP contribution in [0.5, 0.6) is 0 Å². The van der Waals surface area contributed by atoms with Gasteiger partial charge in [-0.3, -0.25) is 4.90 Å². The van der Waals surface area contributed by atoms with Crippen molar-refractivity contribution >= 4 is 17.7 Å². The van der Waals surface area contributed by atoms with Gasteiger partial charge in [0.25, 0.3) is 0 Å². The molecular weight excluding hydrogens is 414 g/mol. The molecule has 1 aromatic heterocycles. The van der Waals surface area contributed by atoms with Crippen LogP contribution in [0.1, 0.15) is 43.6 Å². The zero-order valence-electron chi connectivity index (χ0n) is 18.4. The molecule has 2 aromatic rings. The topological polar surface area (TPSA) is 54.9 Å². The Hall–Kier alpha value is -2.15. The maximum atomic E-state index is 12.8. The maximum Gasteiger partial charge on any atom is 0.410 e. The number of carbonyl (C=O) groups excluding carboxylic acids is 1. The highest BCUT2D eigenvalue weighted by Gasteiger charge is 2.37. The summed E-state index contributed by atoms with van der Waals surface area (Å²) in [5.74, 6) is 0. The molecule has 2 aliphatic heterocycles. The van der Waals surface area contributed by atoms with E-state index in [-0.39, 0.29) is 18.2 Å². The lowest BCUT2D eigenvalue weighted by Gasteiger charge is -2.43. The Morgan fingerprint density at radius 1 is 1.19 bits per heavy atom. The second kappa shape index (κ2) is 9.15. The summed E-state index contributed by atoms with van der Waals surface area (Å²) >= 11 is 6.24. The normalized spacial score (nSPS) is 22.1. The molecule has 31 heavy (non-hydrogen) atoms. The number of amides is 1. The van der Waals surface area contributed by atoms with Crippen LogP contribution >= 0.6 is 11.6 Å². The van der Waals surface area contributed by atoms with Crippen molar-refractivity contribution in [2.45, 2.75) is 51.5 Å². The Morgan fingerprint density at radius 3 is 2.71 bits per heavy atom. The van der Waals surface area contributed by atoms with Crippen LogP contribution < -0.4 is 0 Å². The number of rotatable bonds is 3. The van der Waals surface area contributed by atoms with E-state index in [1.807, 2.05) is 32.9 Å². The summed E-state index contributed by atoms with van der Waals surface area (Å²) in [5, 5.41) is 0.476. The van der Waals surface area contributed by atoms with E-state index in [1.165, 1.54) is 5.56 Å². The first-order valence-corrected chi connectivity index (χ1v) is 11.2. The summed E-state index contributed by atoms with van der Waals surface area (Å²) in [5.41, 5.74) is 2.69. The van der Waals surface area contributed by atoms with Gasteiger partial charge in [-0.1, -0.05) is 48.0 Å². The molecule has 0 aliphatic carbocycles. The first kappa shape index (κ1) is 22.1. The third kappa shape index (κ3) is 5.56. The number of carbonyl (C=O) groups is 1. The summed E-state index contributed by atoms with van der Waals surface area (Å²) in [6, 6.07) is 14.1. The molecule has 3 heterocycles. The van der Waals surface area contributed by atoms with Gasteiger partial charge in [0, 0.05) is 19.6 Å². The summed E-state index contributed by atoms with van der Waals surface area (Å²) < 4.78 is 11.7. The van der Waals surface area contributed by atoms with Crippen LogP contribution in [0.3, 0.4) is 0 Å². The molecule has 2 aliphatic rings. The second-order valence-electron chi connectivity index (χ2n) is 9.23.